The van der Waals surface area contributed by atoms with E-state index in [2.05, 4.69) is 5.32 Å². The van der Waals surface area contributed by atoms with Gasteiger partial charge in [0.1, 0.15) is 16.6 Å². The van der Waals surface area contributed by atoms with Crippen molar-refractivity contribution in [3.05, 3.63) is 52.3 Å². The third-order valence-electron chi connectivity index (χ3n) is 4.17. The van der Waals surface area contributed by atoms with Crippen molar-refractivity contribution in [2.75, 3.05) is 16.8 Å². The summed E-state index contributed by atoms with van der Waals surface area (Å²) in [6.07, 6.45) is 0.236. The quantitative estimate of drug-likeness (QED) is 0.779. The summed E-state index contributed by atoms with van der Waals surface area (Å²) in [4.78, 5) is 25.5. The molecule has 0 spiro atoms. The van der Waals surface area contributed by atoms with Crippen LogP contribution in [0.2, 0.25) is 10.0 Å². The monoisotopic (exact) mass is 410 g/mol. The molecule has 1 N–H and O–H groups in total. The Bertz CT molecular complexity index is 891. The third-order valence-corrected chi connectivity index (χ3v) is 4.97. The van der Waals surface area contributed by atoms with Crippen molar-refractivity contribution >= 4 is 46.4 Å². The zero-order chi connectivity index (χ0) is 19.6. The first-order valence-electron chi connectivity index (χ1n) is 8.38. The molecule has 1 saturated heterocycles. The van der Waals surface area contributed by atoms with E-state index in [0.29, 0.717) is 24.4 Å². The van der Waals surface area contributed by atoms with E-state index in [-0.39, 0.29) is 28.1 Å². The van der Waals surface area contributed by atoms with Crippen LogP contribution >= 0.6 is 23.2 Å². The molecule has 0 saturated carbocycles. The van der Waals surface area contributed by atoms with E-state index in [4.69, 9.17) is 27.9 Å². The van der Waals surface area contributed by atoms with E-state index < -0.39 is 17.8 Å². The Labute approximate surface area is 166 Å². The Hall–Kier alpha value is -2.31. The van der Waals surface area contributed by atoms with Crippen LogP contribution in [0.5, 0.6) is 5.75 Å². The standard InChI is InChI=1S/C19H17Cl2FN2O3/c1-11(27-16-5-2-4-13(20)18(16)21)19(26)23-12-7-8-15(14(22)10-12)24-9-3-6-17(24)25/h2,4-5,7-8,10-11H,3,6,9H2,1H3,(H,23,26). The van der Waals surface area contributed by atoms with Crippen molar-refractivity contribution in [2.45, 2.75) is 25.9 Å². The second-order valence-corrected chi connectivity index (χ2v) is 6.90. The maximum Gasteiger partial charge on any atom is 0.265 e. The van der Waals surface area contributed by atoms with Gasteiger partial charge < -0.3 is 15.0 Å². The Balaban J connectivity index is 1.67. The normalized spacial score (nSPS) is 15.0. The number of halogens is 3. The van der Waals surface area contributed by atoms with Crippen LogP contribution in [0.3, 0.4) is 0 Å². The Morgan fingerprint density at radius 3 is 2.74 bits per heavy atom. The van der Waals surface area contributed by atoms with E-state index in [1.54, 1.807) is 31.2 Å². The molecule has 0 bridgehead atoms. The summed E-state index contributed by atoms with van der Waals surface area (Å²) >= 11 is 12.0. The fourth-order valence-electron chi connectivity index (χ4n) is 2.77. The number of nitrogens with zero attached hydrogens (tertiary/aromatic N) is 1. The predicted octanol–water partition coefficient (Wildman–Crippen LogP) is 4.67. The molecule has 2 amide bonds. The number of amides is 2. The minimum absolute atomic E-state index is 0.105. The number of hydrogen-bond acceptors (Lipinski definition) is 3. The van der Waals surface area contributed by atoms with Gasteiger partial charge in [-0.3, -0.25) is 9.59 Å². The number of hydrogen-bond donors (Lipinski definition) is 1. The molecule has 1 atom stereocenters. The van der Waals surface area contributed by atoms with Crippen LogP contribution in [-0.2, 0) is 9.59 Å². The fraction of sp³-hybridized carbons (Fsp3) is 0.263. The molecule has 2 aromatic rings. The predicted molar refractivity (Wildman–Crippen MR) is 103 cm³/mol. The summed E-state index contributed by atoms with van der Waals surface area (Å²) in [6, 6.07) is 9.06. The van der Waals surface area contributed by atoms with Crippen molar-refractivity contribution in [2.24, 2.45) is 0 Å². The van der Waals surface area contributed by atoms with E-state index in [9.17, 15) is 14.0 Å². The van der Waals surface area contributed by atoms with E-state index in [1.165, 1.54) is 17.0 Å². The topological polar surface area (TPSA) is 58.6 Å². The highest BCUT2D eigenvalue weighted by molar-refractivity contribution is 6.42. The van der Waals surface area contributed by atoms with Crippen molar-refractivity contribution < 1.29 is 18.7 Å². The number of ether oxygens (including phenoxy) is 1. The summed E-state index contributed by atoms with van der Waals surface area (Å²) < 4.78 is 19.9. The average Bonchev–Trinajstić information content (AvgIpc) is 3.05. The van der Waals surface area contributed by atoms with Crippen LogP contribution in [0.1, 0.15) is 19.8 Å². The summed E-state index contributed by atoms with van der Waals surface area (Å²) in [5.41, 5.74) is 0.478. The molecule has 1 heterocycles. The van der Waals surface area contributed by atoms with E-state index in [1.807, 2.05) is 0 Å². The fourth-order valence-corrected chi connectivity index (χ4v) is 3.11. The number of anilines is 2. The van der Waals surface area contributed by atoms with Crippen LogP contribution in [0, 0.1) is 5.82 Å². The number of benzene rings is 2. The largest absolute Gasteiger partial charge is 0.479 e. The van der Waals surface area contributed by atoms with Crippen LogP contribution < -0.4 is 15.0 Å². The molecule has 0 radical (unpaired) electrons. The van der Waals surface area contributed by atoms with Gasteiger partial charge in [-0.1, -0.05) is 29.3 Å². The van der Waals surface area contributed by atoms with Crippen LogP contribution in [0.4, 0.5) is 15.8 Å². The molecular weight excluding hydrogens is 394 g/mol. The van der Waals surface area contributed by atoms with Crippen LogP contribution in [0.25, 0.3) is 0 Å². The Morgan fingerprint density at radius 1 is 1.30 bits per heavy atom. The highest BCUT2D eigenvalue weighted by Crippen LogP contribution is 2.32. The lowest BCUT2D eigenvalue weighted by molar-refractivity contribution is -0.122. The Morgan fingerprint density at radius 2 is 2.07 bits per heavy atom. The minimum Gasteiger partial charge on any atom is -0.479 e. The molecule has 142 valence electrons. The molecular formula is C19H17Cl2FN2O3. The highest BCUT2D eigenvalue weighted by atomic mass is 35.5. The van der Waals surface area contributed by atoms with Gasteiger partial charge in [-0.15, -0.1) is 0 Å². The second kappa shape index (κ2) is 8.15. The number of rotatable bonds is 5. The van der Waals surface area contributed by atoms with Gasteiger partial charge in [0.15, 0.2) is 6.10 Å². The van der Waals surface area contributed by atoms with Gasteiger partial charge in [0.25, 0.3) is 5.91 Å². The molecule has 1 unspecified atom stereocenters. The van der Waals surface area contributed by atoms with Gasteiger partial charge in [-0.05, 0) is 43.7 Å². The lowest BCUT2D eigenvalue weighted by Gasteiger charge is -2.18. The maximum absolute atomic E-state index is 14.4. The molecule has 27 heavy (non-hydrogen) atoms. The molecule has 3 rings (SSSR count). The van der Waals surface area contributed by atoms with E-state index >= 15 is 0 Å². The third kappa shape index (κ3) is 4.34. The van der Waals surface area contributed by atoms with Gasteiger partial charge in [0.2, 0.25) is 5.91 Å². The SMILES string of the molecule is CC(Oc1cccc(Cl)c1Cl)C(=O)Nc1ccc(N2CCCC2=O)c(F)c1. The first kappa shape index (κ1) is 19.5. The summed E-state index contributed by atoms with van der Waals surface area (Å²) in [5.74, 6) is -0.878. The summed E-state index contributed by atoms with van der Waals surface area (Å²) in [5, 5.41) is 3.11. The van der Waals surface area contributed by atoms with Crippen LogP contribution in [-0.4, -0.2) is 24.5 Å². The van der Waals surface area contributed by atoms with Gasteiger partial charge in [-0.2, -0.15) is 0 Å². The second-order valence-electron chi connectivity index (χ2n) is 6.12. The van der Waals surface area contributed by atoms with Gasteiger partial charge >= 0.3 is 0 Å². The summed E-state index contributed by atoms with van der Waals surface area (Å²) in [6.45, 7) is 2.03. The smallest absolute Gasteiger partial charge is 0.265 e. The number of nitrogens with one attached hydrogen (secondary N) is 1. The zero-order valence-electron chi connectivity index (χ0n) is 14.5. The zero-order valence-corrected chi connectivity index (χ0v) is 16.0. The first-order chi connectivity index (χ1) is 12.9. The number of carbonyl (C=O) groups excluding carboxylic acids is 2. The molecule has 5 nitrogen and oxygen atoms in total. The van der Waals surface area contributed by atoms with Gasteiger partial charge in [-0.25, -0.2) is 4.39 Å². The van der Waals surface area contributed by atoms with Crippen molar-refractivity contribution in [3.63, 3.8) is 0 Å². The molecule has 1 aliphatic rings. The number of carbonyl (C=O) groups is 2. The van der Waals surface area contributed by atoms with Crippen molar-refractivity contribution in [1.82, 2.24) is 0 Å². The van der Waals surface area contributed by atoms with Gasteiger partial charge in [0.05, 0.1) is 10.7 Å². The minimum atomic E-state index is -0.885. The lowest BCUT2D eigenvalue weighted by Crippen LogP contribution is -2.30. The molecule has 2 aromatic carbocycles. The highest BCUT2D eigenvalue weighted by Gasteiger charge is 2.24. The van der Waals surface area contributed by atoms with Crippen molar-refractivity contribution in [3.8, 4) is 5.75 Å². The molecule has 1 aliphatic heterocycles. The van der Waals surface area contributed by atoms with E-state index in [0.717, 1.165) is 0 Å². The first-order valence-corrected chi connectivity index (χ1v) is 9.14. The Kier molecular flexibility index (Phi) is 5.87. The molecule has 0 aliphatic carbocycles. The lowest BCUT2D eigenvalue weighted by atomic mass is 10.2. The molecule has 0 aromatic heterocycles. The van der Waals surface area contributed by atoms with Gasteiger partial charge in [0, 0.05) is 18.7 Å². The maximum atomic E-state index is 14.4. The van der Waals surface area contributed by atoms with Crippen LogP contribution in [0.15, 0.2) is 36.4 Å². The molecule has 8 heteroatoms. The van der Waals surface area contributed by atoms with Crippen molar-refractivity contribution in [1.29, 1.82) is 0 Å². The molecule has 1 fully saturated rings. The summed E-state index contributed by atoms with van der Waals surface area (Å²) in [7, 11) is 0. The average molecular weight is 411 g/mol.